The van der Waals surface area contributed by atoms with Crippen LogP contribution in [0.25, 0.3) is 0 Å². The van der Waals surface area contributed by atoms with Gasteiger partial charge in [0.2, 0.25) is 0 Å². The van der Waals surface area contributed by atoms with Gasteiger partial charge in [-0.3, -0.25) is 0 Å². The normalized spacial score (nSPS) is 11.1. The first-order chi connectivity index (χ1) is 7.40. The lowest BCUT2D eigenvalue weighted by molar-refractivity contribution is -0.137. The molecule has 0 atom stereocenters. The van der Waals surface area contributed by atoms with Crippen LogP contribution in [0.15, 0.2) is 18.2 Å². The third-order valence-electron chi connectivity index (χ3n) is 1.93. The van der Waals surface area contributed by atoms with Crippen LogP contribution >= 0.6 is 0 Å². The van der Waals surface area contributed by atoms with E-state index in [4.69, 9.17) is 4.74 Å². The van der Waals surface area contributed by atoms with E-state index in [0.29, 0.717) is 6.07 Å². The molecular weight excluding hydrogens is 225 g/mol. The molecule has 0 saturated carbocycles. The first-order valence-electron chi connectivity index (χ1n) is 4.23. The molecule has 0 aliphatic heterocycles. The van der Waals surface area contributed by atoms with E-state index < -0.39 is 17.7 Å². The van der Waals surface area contributed by atoms with Crippen LogP contribution in [-0.2, 0) is 10.9 Å². The highest BCUT2D eigenvalue weighted by atomic mass is 19.4. The van der Waals surface area contributed by atoms with Gasteiger partial charge in [-0.05, 0) is 18.2 Å². The average molecular weight is 234 g/mol. The summed E-state index contributed by atoms with van der Waals surface area (Å²) in [5.41, 5.74) is -1.17. The molecule has 0 aromatic heterocycles. The summed E-state index contributed by atoms with van der Waals surface area (Å²) in [6.45, 7) is 0. The van der Waals surface area contributed by atoms with Crippen molar-refractivity contribution in [1.29, 1.82) is 0 Å². The van der Waals surface area contributed by atoms with Crippen molar-refractivity contribution in [2.45, 2.75) is 6.18 Å². The van der Waals surface area contributed by atoms with E-state index in [2.05, 4.69) is 4.74 Å². The Morgan fingerprint density at radius 3 is 2.31 bits per heavy atom. The summed E-state index contributed by atoms with van der Waals surface area (Å²) in [6, 6.07) is 2.62. The zero-order valence-corrected chi connectivity index (χ0v) is 8.59. The van der Waals surface area contributed by atoms with Crippen LogP contribution in [0.4, 0.5) is 13.2 Å². The number of carbonyl (C=O) groups excluding carboxylic acids is 1. The molecule has 16 heavy (non-hydrogen) atoms. The van der Waals surface area contributed by atoms with Gasteiger partial charge in [-0.15, -0.1) is 0 Å². The highest BCUT2D eigenvalue weighted by molar-refractivity contribution is 5.92. The molecule has 0 fully saturated rings. The van der Waals surface area contributed by atoms with Gasteiger partial charge in [0.05, 0.1) is 19.8 Å². The molecule has 6 heteroatoms. The predicted molar refractivity (Wildman–Crippen MR) is 49.3 cm³/mol. The fourth-order valence-corrected chi connectivity index (χ4v) is 1.15. The number of hydrogen-bond donors (Lipinski definition) is 0. The molecule has 1 aromatic carbocycles. The predicted octanol–water partition coefficient (Wildman–Crippen LogP) is 2.50. The van der Waals surface area contributed by atoms with Crippen LogP contribution < -0.4 is 4.74 Å². The lowest BCUT2D eigenvalue weighted by Gasteiger charge is -2.11. The van der Waals surface area contributed by atoms with Crippen LogP contribution in [0.1, 0.15) is 15.9 Å². The number of carbonyl (C=O) groups is 1. The van der Waals surface area contributed by atoms with Crippen molar-refractivity contribution in [1.82, 2.24) is 0 Å². The molecule has 0 unspecified atom stereocenters. The highest BCUT2D eigenvalue weighted by Gasteiger charge is 2.32. The molecular formula is C10H9F3O3. The Balaban J connectivity index is 3.27. The number of halogens is 3. The molecule has 0 bridgehead atoms. The Hall–Kier alpha value is -1.72. The lowest BCUT2D eigenvalue weighted by Crippen LogP contribution is -2.09. The van der Waals surface area contributed by atoms with Crippen LogP contribution in [0.3, 0.4) is 0 Å². The molecule has 88 valence electrons. The van der Waals surface area contributed by atoms with Gasteiger partial charge in [0.1, 0.15) is 11.3 Å². The van der Waals surface area contributed by atoms with E-state index in [1.807, 2.05) is 0 Å². The van der Waals surface area contributed by atoms with Gasteiger partial charge in [0.15, 0.2) is 0 Å². The van der Waals surface area contributed by atoms with Crippen molar-refractivity contribution in [3.63, 3.8) is 0 Å². The molecule has 0 spiro atoms. The molecule has 0 N–H and O–H groups in total. The van der Waals surface area contributed by atoms with Crippen molar-refractivity contribution < 1.29 is 27.4 Å². The third-order valence-corrected chi connectivity index (χ3v) is 1.93. The van der Waals surface area contributed by atoms with Gasteiger partial charge in [-0.2, -0.15) is 13.2 Å². The molecule has 0 saturated heterocycles. The van der Waals surface area contributed by atoms with Gasteiger partial charge in [0.25, 0.3) is 0 Å². The summed E-state index contributed by atoms with van der Waals surface area (Å²) in [6.07, 6.45) is -4.50. The van der Waals surface area contributed by atoms with E-state index >= 15 is 0 Å². The molecule has 0 aliphatic carbocycles. The van der Waals surface area contributed by atoms with Crippen LogP contribution in [0.5, 0.6) is 5.75 Å². The molecule has 0 amide bonds. The van der Waals surface area contributed by atoms with Crippen LogP contribution in [0, 0.1) is 0 Å². The summed E-state index contributed by atoms with van der Waals surface area (Å²) >= 11 is 0. The SMILES string of the molecule is COC(=O)c1cc(C(F)(F)F)ccc1OC. The first kappa shape index (κ1) is 12.4. The van der Waals surface area contributed by atoms with Crippen LogP contribution in [0.2, 0.25) is 0 Å². The summed E-state index contributed by atoms with van der Waals surface area (Å²) in [5.74, 6) is -0.831. The fourth-order valence-electron chi connectivity index (χ4n) is 1.15. The first-order valence-corrected chi connectivity index (χ1v) is 4.23. The van der Waals surface area contributed by atoms with E-state index in [0.717, 1.165) is 19.2 Å². The summed E-state index contributed by atoms with van der Waals surface area (Å²) in [5, 5.41) is 0. The zero-order valence-electron chi connectivity index (χ0n) is 8.59. The number of esters is 1. The van der Waals surface area contributed by atoms with Gasteiger partial charge < -0.3 is 9.47 Å². The minimum Gasteiger partial charge on any atom is -0.496 e. The van der Waals surface area contributed by atoms with Crippen LogP contribution in [-0.4, -0.2) is 20.2 Å². The van der Waals surface area contributed by atoms with Gasteiger partial charge >= 0.3 is 12.1 Å². The van der Waals surface area contributed by atoms with E-state index in [1.165, 1.54) is 7.11 Å². The minimum absolute atomic E-state index is 0.0415. The molecule has 0 aliphatic rings. The van der Waals surface area contributed by atoms with Crippen molar-refractivity contribution in [2.24, 2.45) is 0 Å². The van der Waals surface area contributed by atoms with E-state index in [-0.39, 0.29) is 11.3 Å². The molecule has 3 nitrogen and oxygen atoms in total. The Kier molecular flexibility index (Phi) is 3.41. The van der Waals surface area contributed by atoms with Crippen molar-refractivity contribution in [3.05, 3.63) is 29.3 Å². The lowest BCUT2D eigenvalue weighted by atomic mass is 10.1. The highest BCUT2D eigenvalue weighted by Crippen LogP contribution is 2.32. The Bertz CT molecular complexity index is 399. The van der Waals surface area contributed by atoms with Gasteiger partial charge in [0, 0.05) is 0 Å². The molecule has 0 radical (unpaired) electrons. The monoisotopic (exact) mass is 234 g/mol. The molecule has 0 heterocycles. The van der Waals surface area contributed by atoms with Gasteiger partial charge in [-0.25, -0.2) is 4.79 Å². The number of benzene rings is 1. The smallest absolute Gasteiger partial charge is 0.416 e. The number of rotatable bonds is 2. The Morgan fingerprint density at radius 1 is 1.25 bits per heavy atom. The Morgan fingerprint density at radius 2 is 1.88 bits per heavy atom. The maximum Gasteiger partial charge on any atom is 0.416 e. The fraction of sp³-hybridized carbons (Fsp3) is 0.300. The van der Waals surface area contributed by atoms with Crippen molar-refractivity contribution >= 4 is 5.97 Å². The molecule has 1 rings (SSSR count). The number of methoxy groups -OCH3 is 2. The largest absolute Gasteiger partial charge is 0.496 e. The topological polar surface area (TPSA) is 35.5 Å². The van der Waals surface area contributed by atoms with E-state index in [9.17, 15) is 18.0 Å². The number of ether oxygens (including phenoxy) is 2. The Labute approximate surface area is 89.8 Å². The number of alkyl halides is 3. The quantitative estimate of drug-likeness (QED) is 0.737. The maximum atomic E-state index is 12.4. The van der Waals surface area contributed by atoms with Gasteiger partial charge in [-0.1, -0.05) is 0 Å². The van der Waals surface area contributed by atoms with Crippen molar-refractivity contribution in [3.8, 4) is 5.75 Å². The molecule has 1 aromatic rings. The second-order valence-electron chi connectivity index (χ2n) is 2.90. The zero-order chi connectivity index (χ0) is 12.3. The average Bonchev–Trinajstić information content (AvgIpc) is 2.25. The summed E-state index contributed by atoms with van der Waals surface area (Å²) in [7, 11) is 2.34. The second kappa shape index (κ2) is 4.42. The minimum atomic E-state index is -4.50. The summed E-state index contributed by atoms with van der Waals surface area (Å²) < 4.78 is 46.3. The standard InChI is InChI=1S/C10H9F3O3/c1-15-8-4-3-6(10(11,12)13)5-7(8)9(14)16-2/h3-5H,1-2H3. The second-order valence-corrected chi connectivity index (χ2v) is 2.90. The number of hydrogen-bond acceptors (Lipinski definition) is 3. The van der Waals surface area contributed by atoms with Crippen molar-refractivity contribution in [2.75, 3.05) is 14.2 Å². The van der Waals surface area contributed by atoms with E-state index in [1.54, 1.807) is 0 Å². The summed E-state index contributed by atoms with van der Waals surface area (Å²) in [4.78, 5) is 11.2. The third kappa shape index (κ3) is 2.44. The maximum absolute atomic E-state index is 12.4.